The summed E-state index contributed by atoms with van der Waals surface area (Å²) in [5, 5.41) is 7.97. The van der Waals surface area contributed by atoms with E-state index in [-0.39, 0.29) is 10.6 Å². The molecular formula is C16H10Cl2FN5O. The van der Waals surface area contributed by atoms with E-state index in [1.54, 1.807) is 12.1 Å². The summed E-state index contributed by atoms with van der Waals surface area (Å²) in [6.07, 6.45) is 2.11. The molecule has 0 bridgehead atoms. The van der Waals surface area contributed by atoms with Crippen molar-refractivity contribution in [2.75, 3.05) is 10.2 Å². The van der Waals surface area contributed by atoms with E-state index in [2.05, 4.69) is 15.4 Å². The van der Waals surface area contributed by atoms with Gasteiger partial charge in [-0.3, -0.25) is 9.69 Å². The second-order valence-corrected chi connectivity index (χ2v) is 6.20. The monoisotopic (exact) mass is 377 g/mol. The maximum atomic E-state index is 13.6. The molecule has 9 heteroatoms. The van der Waals surface area contributed by atoms with Crippen LogP contribution < -0.4 is 10.2 Å². The number of halogens is 3. The first-order valence-electron chi connectivity index (χ1n) is 7.23. The lowest BCUT2D eigenvalue weighted by Gasteiger charge is -2.37. The van der Waals surface area contributed by atoms with Crippen LogP contribution >= 0.6 is 23.2 Å². The van der Waals surface area contributed by atoms with Gasteiger partial charge in [-0.2, -0.15) is 5.10 Å². The minimum atomic E-state index is -0.716. The van der Waals surface area contributed by atoms with Gasteiger partial charge in [0, 0.05) is 5.02 Å². The van der Waals surface area contributed by atoms with Gasteiger partial charge in [0.2, 0.25) is 6.29 Å². The Morgan fingerprint density at radius 3 is 2.72 bits per heavy atom. The fourth-order valence-corrected chi connectivity index (χ4v) is 3.21. The van der Waals surface area contributed by atoms with Gasteiger partial charge in [0.05, 0.1) is 22.0 Å². The summed E-state index contributed by atoms with van der Waals surface area (Å²) in [4.78, 5) is 18.4. The first-order chi connectivity index (χ1) is 12.0. The number of carbonyl (C=O) groups is 1. The third kappa shape index (κ3) is 2.71. The lowest BCUT2D eigenvalue weighted by molar-refractivity contribution is 0.0962. The maximum absolute atomic E-state index is 13.6. The Balaban J connectivity index is 1.90. The zero-order chi connectivity index (χ0) is 17.6. The van der Waals surface area contributed by atoms with E-state index in [4.69, 9.17) is 23.2 Å². The van der Waals surface area contributed by atoms with E-state index in [1.165, 1.54) is 46.5 Å². The first-order valence-corrected chi connectivity index (χ1v) is 7.99. The van der Waals surface area contributed by atoms with E-state index in [9.17, 15) is 9.18 Å². The Bertz CT molecular complexity index is 963. The summed E-state index contributed by atoms with van der Waals surface area (Å²) < 4.78 is 15.1. The van der Waals surface area contributed by atoms with Crippen molar-refractivity contribution in [2.24, 2.45) is 0 Å². The van der Waals surface area contributed by atoms with Crippen molar-refractivity contribution in [3.63, 3.8) is 0 Å². The van der Waals surface area contributed by atoms with Crippen LogP contribution in [0, 0.1) is 5.82 Å². The number of nitrogens with zero attached hydrogens (tertiary/aromatic N) is 4. The predicted octanol–water partition coefficient (Wildman–Crippen LogP) is 3.95. The molecular weight excluding hydrogens is 368 g/mol. The Morgan fingerprint density at radius 1 is 1.16 bits per heavy atom. The lowest BCUT2D eigenvalue weighted by atomic mass is 10.1. The number of anilines is 2. The quantitative estimate of drug-likeness (QED) is 0.734. The number of hydrogen-bond acceptors (Lipinski definition) is 4. The molecule has 1 atom stereocenters. The predicted molar refractivity (Wildman–Crippen MR) is 92.4 cm³/mol. The average Bonchev–Trinajstić information content (AvgIpc) is 3.11. The number of hydrogen-bond donors (Lipinski definition) is 1. The molecule has 0 radical (unpaired) electrons. The highest BCUT2D eigenvalue weighted by molar-refractivity contribution is 6.37. The number of rotatable bonds is 2. The van der Waals surface area contributed by atoms with Crippen molar-refractivity contribution in [1.82, 2.24) is 14.8 Å². The van der Waals surface area contributed by atoms with E-state index >= 15 is 0 Å². The van der Waals surface area contributed by atoms with Gasteiger partial charge in [-0.05, 0) is 36.4 Å². The standard InChI is InChI=1S/C16H10Cl2FN5O/c17-9-1-4-14(12(18)5-9)24-15(25)11-6-10(19)2-3-13(11)22-16(24)23-8-20-7-21-23/h1-8,16,22H. The van der Waals surface area contributed by atoms with Gasteiger partial charge in [-0.25, -0.2) is 14.1 Å². The molecule has 2 heterocycles. The van der Waals surface area contributed by atoms with Crippen LogP contribution in [-0.2, 0) is 0 Å². The molecule has 0 spiro atoms. The van der Waals surface area contributed by atoms with Crippen LogP contribution in [0.5, 0.6) is 0 Å². The smallest absolute Gasteiger partial charge is 0.263 e. The zero-order valence-electron chi connectivity index (χ0n) is 12.5. The largest absolute Gasteiger partial charge is 0.346 e. The minimum absolute atomic E-state index is 0.197. The van der Waals surface area contributed by atoms with Gasteiger partial charge >= 0.3 is 0 Å². The molecule has 0 saturated heterocycles. The molecule has 25 heavy (non-hydrogen) atoms. The van der Waals surface area contributed by atoms with Crippen LogP contribution in [0.15, 0.2) is 49.1 Å². The van der Waals surface area contributed by atoms with E-state index in [0.29, 0.717) is 16.4 Å². The molecule has 1 amide bonds. The van der Waals surface area contributed by atoms with Crippen LogP contribution in [0.2, 0.25) is 10.0 Å². The Kier molecular flexibility index (Phi) is 3.82. The molecule has 1 aromatic heterocycles. The van der Waals surface area contributed by atoms with Crippen LogP contribution in [0.25, 0.3) is 0 Å². The number of benzene rings is 2. The van der Waals surface area contributed by atoms with Gasteiger partial charge < -0.3 is 5.32 Å². The molecule has 0 aliphatic carbocycles. The highest BCUT2D eigenvalue weighted by Gasteiger charge is 2.36. The van der Waals surface area contributed by atoms with Crippen LogP contribution in [0.3, 0.4) is 0 Å². The average molecular weight is 378 g/mol. The molecule has 1 aliphatic rings. The highest BCUT2D eigenvalue weighted by Crippen LogP contribution is 2.38. The van der Waals surface area contributed by atoms with E-state index in [0.717, 1.165) is 0 Å². The summed E-state index contributed by atoms with van der Waals surface area (Å²) in [5.41, 5.74) is 1.11. The summed E-state index contributed by atoms with van der Waals surface area (Å²) >= 11 is 12.2. The van der Waals surface area contributed by atoms with Crippen LogP contribution in [0.1, 0.15) is 16.6 Å². The number of amides is 1. The second kappa shape index (κ2) is 6.02. The topological polar surface area (TPSA) is 63.1 Å². The number of aromatic nitrogens is 3. The molecule has 4 rings (SSSR count). The summed E-state index contributed by atoms with van der Waals surface area (Å²) in [7, 11) is 0. The Hall–Kier alpha value is -2.64. The highest BCUT2D eigenvalue weighted by atomic mass is 35.5. The second-order valence-electron chi connectivity index (χ2n) is 5.35. The first kappa shape index (κ1) is 15.9. The van der Waals surface area contributed by atoms with Gasteiger partial charge in [0.15, 0.2) is 0 Å². The molecule has 1 aliphatic heterocycles. The fraction of sp³-hybridized carbons (Fsp3) is 0.0625. The van der Waals surface area contributed by atoms with Crippen molar-refractivity contribution in [3.05, 3.63) is 70.5 Å². The van der Waals surface area contributed by atoms with Crippen molar-refractivity contribution in [1.29, 1.82) is 0 Å². The van der Waals surface area contributed by atoms with E-state index in [1.807, 2.05) is 0 Å². The zero-order valence-corrected chi connectivity index (χ0v) is 14.0. The maximum Gasteiger partial charge on any atom is 0.263 e. The van der Waals surface area contributed by atoms with Crippen molar-refractivity contribution < 1.29 is 9.18 Å². The van der Waals surface area contributed by atoms with Crippen LogP contribution in [-0.4, -0.2) is 20.7 Å². The van der Waals surface area contributed by atoms with Crippen molar-refractivity contribution >= 4 is 40.5 Å². The molecule has 0 saturated carbocycles. The number of carbonyl (C=O) groups excluding carboxylic acids is 1. The normalized spacial score (nSPS) is 16.5. The fourth-order valence-electron chi connectivity index (χ4n) is 2.71. The summed E-state index contributed by atoms with van der Waals surface area (Å²) in [6.45, 7) is 0. The van der Waals surface area contributed by atoms with Gasteiger partial charge in [-0.1, -0.05) is 23.2 Å². The molecule has 1 N–H and O–H groups in total. The molecule has 0 fully saturated rings. The molecule has 3 aromatic rings. The summed E-state index contributed by atoms with van der Waals surface area (Å²) in [6, 6.07) is 8.74. The third-order valence-corrected chi connectivity index (χ3v) is 4.35. The molecule has 2 aromatic carbocycles. The van der Waals surface area contributed by atoms with Crippen LogP contribution in [0.4, 0.5) is 15.8 Å². The number of nitrogens with one attached hydrogen (secondary N) is 1. The lowest BCUT2D eigenvalue weighted by Crippen LogP contribution is -2.46. The van der Waals surface area contributed by atoms with Gasteiger partial charge in [0.1, 0.15) is 18.5 Å². The Labute approximate surface area is 151 Å². The minimum Gasteiger partial charge on any atom is -0.346 e. The van der Waals surface area contributed by atoms with E-state index < -0.39 is 18.0 Å². The summed E-state index contributed by atoms with van der Waals surface area (Å²) in [5.74, 6) is -0.923. The molecule has 6 nitrogen and oxygen atoms in total. The third-order valence-electron chi connectivity index (χ3n) is 3.82. The van der Waals surface area contributed by atoms with Gasteiger partial charge in [-0.15, -0.1) is 0 Å². The number of fused-ring (bicyclic) bond motifs is 1. The molecule has 1 unspecified atom stereocenters. The SMILES string of the molecule is O=C1c2cc(F)ccc2NC(n2cncn2)N1c1ccc(Cl)cc1Cl. The van der Waals surface area contributed by atoms with Gasteiger partial charge in [0.25, 0.3) is 5.91 Å². The van der Waals surface area contributed by atoms with Crippen molar-refractivity contribution in [2.45, 2.75) is 6.29 Å². The Morgan fingerprint density at radius 2 is 2.00 bits per heavy atom. The molecule has 126 valence electrons. The van der Waals surface area contributed by atoms with Crippen molar-refractivity contribution in [3.8, 4) is 0 Å².